The van der Waals surface area contributed by atoms with Gasteiger partial charge < -0.3 is 10.6 Å². The number of rotatable bonds is 5. The minimum Gasteiger partial charge on any atom is -0.325 e. The van der Waals surface area contributed by atoms with E-state index in [-0.39, 0.29) is 30.7 Å². The molecule has 2 amide bonds. The molecule has 2 aromatic carbocycles. The highest BCUT2D eigenvalue weighted by atomic mass is 19.4. The first-order valence-electron chi connectivity index (χ1n) is 11.0. The van der Waals surface area contributed by atoms with Crippen LogP contribution in [0.5, 0.6) is 0 Å². The molecule has 0 saturated carbocycles. The van der Waals surface area contributed by atoms with Crippen LogP contribution in [-0.4, -0.2) is 11.8 Å². The van der Waals surface area contributed by atoms with Crippen molar-refractivity contribution >= 4 is 23.2 Å². The normalized spacial score (nSPS) is 16.4. The molecular formula is C24H16F12N2O2. The number of halogens is 12. The van der Waals surface area contributed by atoms with Crippen molar-refractivity contribution < 1.29 is 62.3 Å². The van der Waals surface area contributed by atoms with Crippen LogP contribution >= 0.6 is 0 Å². The zero-order valence-corrected chi connectivity index (χ0v) is 19.5. The Morgan fingerprint density at radius 1 is 0.625 bits per heavy atom. The minimum absolute atomic E-state index is 0.00560. The summed E-state index contributed by atoms with van der Waals surface area (Å²) in [4.78, 5) is 25.9. The summed E-state index contributed by atoms with van der Waals surface area (Å²) in [7, 11) is 0. The molecule has 0 aliphatic heterocycles. The van der Waals surface area contributed by atoms with Crippen LogP contribution in [0.15, 0.2) is 48.6 Å². The van der Waals surface area contributed by atoms with E-state index in [1.807, 2.05) is 10.6 Å². The Balaban J connectivity index is 1.94. The number of carbonyl (C=O) groups is 2. The molecule has 0 radical (unpaired) electrons. The van der Waals surface area contributed by atoms with Crippen LogP contribution < -0.4 is 10.6 Å². The molecule has 1 aliphatic carbocycles. The van der Waals surface area contributed by atoms with Crippen molar-refractivity contribution in [1.29, 1.82) is 0 Å². The molecule has 0 spiro atoms. The van der Waals surface area contributed by atoms with E-state index in [2.05, 4.69) is 0 Å². The topological polar surface area (TPSA) is 58.2 Å². The molecular weight excluding hydrogens is 576 g/mol. The van der Waals surface area contributed by atoms with Gasteiger partial charge in [-0.3, -0.25) is 9.59 Å². The van der Waals surface area contributed by atoms with Crippen molar-refractivity contribution in [3.8, 4) is 0 Å². The summed E-state index contributed by atoms with van der Waals surface area (Å²) >= 11 is 0. The van der Waals surface area contributed by atoms with Gasteiger partial charge in [0.1, 0.15) is 5.92 Å². The van der Waals surface area contributed by atoms with Gasteiger partial charge in [0.2, 0.25) is 11.8 Å². The highest BCUT2D eigenvalue weighted by Crippen LogP contribution is 2.43. The summed E-state index contributed by atoms with van der Waals surface area (Å²) in [6, 6.07) is 1.19. The molecule has 3 rings (SSSR count). The molecule has 1 unspecified atom stereocenters. The predicted molar refractivity (Wildman–Crippen MR) is 116 cm³/mol. The first-order valence-corrected chi connectivity index (χ1v) is 11.0. The lowest BCUT2D eigenvalue weighted by molar-refractivity contribution is -0.162. The van der Waals surface area contributed by atoms with E-state index < -0.39 is 82.0 Å². The second-order valence-electron chi connectivity index (χ2n) is 8.64. The van der Waals surface area contributed by atoms with E-state index in [1.165, 1.54) is 12.2 Å². The van der Waals surface area contributed by atoms with E-state index in [4.69, 9.17) is 0 Å². The quantitative estimate of drug-likeness (QED) is 0.211. The third kappa shape index (κ3) is 7.07. The van der Waals surface area contributed by atoms with Crippen LogP contribution in [0, 0.1) is 11.8 Å². The Morgan fingerprint density at radius 2 is 1.00 bits per heavy atom. The Labute approximate surface area is 217 Å². The first kappa shape index (κ1) is 30.8. The Bertz CT molecular complexity index is 1220. The fraction of sp³-hybridized carbons (Fsp3) is 0.333. The van der Waals surface area contributed by atoms with Gasteiger partial charge in [0.15, 0.2) is 0 Å². The fourth-order valence-corrected chi connectivity index (χ4v) is 4.09. The Morgan fingerprint density at radius 3 is 1.30 bits per heavy atom. The Kier molecular flexibility index (Phi) is 8.23. The number of amides is 2. The van der Waals surface area contributed by atoms with Crippen LogP contribution in [0.4, 0.5) is 64.1 Å². The van der Waals surface area contributed by atoms with Gasteiger partial charge in [-0.2, -0.15) is 52.7 Å². The average molecular weight is 592 g/mol. The molecule has 0 fully saturated rings. The van der Waals surface area contributed by atoms with Gasteiger partial charge in [-0.1, -0.05) is 12.2 Å². The summed E-state index contributed by atoms with van der Waals surface area (Å²) in [5.41, 5.74) is -9.84. The van der Waals surface area contributed by atoms with Gasteiger partial charge in [0.05, 0.1) is 22.3 Å². The number of allylic oxidation sites excluding steroid dienone is 2. The van der Waals surface area contributed by atoms with Crippen molar-refractivity contribution in [2.75, 3.05) is 10.6 Å². The summed E-state index contributed by atoms with van der Waals surface area (Å²) in [5, 5.41) is 3.82. The van der Waals surface area contributed by atoms with Crippen molar-refractivity contribution in [3.63, 3.8) is 0 Å². The van der Waals surface area contributed by atoms with Gasteiger partial charge in [0, 0.05) is 11.4 Å². The average Bonchev–Trinajstić information content (AvgIpc) is 3.30. The van der Waals surface area contributed by atoms with Crippen LogP contribution in [-0.2, 0) is 34.3 Å². The third-order valence-electron chi connectivity index (χ3n) is 5.84. The monoisotopic (exact) mass is 592 g/mol. The summed E-state index contributed by atoms with van der Waals surface area (Å²) in [6.45, 7) is 0. The van der Waals surface area contributed by atoms with Crippen LogP contribution in [0.2, 0.25) is 0 Å². The largest absolute Gasteiger partial charge is 0.417 e. The van der Waals surface area contributed by atoms with Crippen molar-refractivity contribution in [1.82, 2.24) is 0 Å². The van der Waals surface area contributed by atoms with Crippen LogP contribution in [0.25, 0.3) is 0 Å². The molecule has 4 nitrogen and oxygen atoms in total. The second kappa shape index (κ2) is 10.7. The molecule has 1 atom stereocenters. The molecule has 2 N–H and O–H groups in total. The first-order chi connectivity index (χ1) is 18.2. The van der Waals surface area contributed by atoms with Crippen molar-refractivity contribution in [2.45, 2.75) is 37.5 Å². The SMILES string of the molecule is O=C(Nc1ccc(C(F)(F)F)c(C(F)(F)F)c1)C(C(=O)Nc1ccc(C(F)(F)F)c(C(F)(F)F)c1)C1C=CCC1. The van der Waals surface area contributed by atoms with Gasteiger partial charge in [-0.15, -0.1) is 0 Å². The second-order valence-corrected chi connectivity index (χ2v) is 8.64. The van der Waals surface area contributed by atoms with Gasteiger partial charge >= 0.3 is 24.7 Å². The summed E-state index contributed by atoms with van der Waals surface area (Å²) in [5.74, 6) is -5.39. The van der Waals surface area contributed by atoms with E-state index >= 15 is 0 Å². The number of nitrogens with one attached hydrogen (secondary N) is 2. The van der Waals surface area contributed by atoms with E-state index in [0.29, 0.717) is 18.6 Å². The van der Waals surface area contributed by atoms with Gasteiger partial charge in [-0.25, -0.2) is 0 Å². The van der Waals surface area contributed by atoms with E-state index in [0.717, 1.165) is 0 Å². The molecule has 2 aromatic rings. The van der Waals surface area contributed by atoms with E-state index in [9.17, 15) is 62.3 Å². The minimum atomic E-state index is -5.48. The molecule has 16 heteroatoms. The maximum Gasteiger partial charge on any atom is 0.417 e. The molecule has 0 saturated heterocycles. The van der Waals surface area contributed by atoms with Gasteiger partial charge in [-0.05, 0) is 55.2 Å². The lowest BCUT2D eigenvalue weighted by Gasteiger charge is -2.23. The molecule has 218 valence electrons. The highest BCUT2D eigenvalue weighted by molar-refractivity contribution is 6.11. The molecule has 40 heavy (non-hydrogen) atoms. The predicted octanol–water partition coefficient (Wildman–Crippen LogP) is 7.92. The standard InChI is InChI=1S/C24H16F12N2O2/c25-21(26,27)14-7-5-12(9-16(14)23(31,32)33)37-19(39)18(11-3-1-2-4-11)20(40)38-13-6-8-15(22(28,29)30)17(10-13)24(34,35)36/h1,3,5-11,18H,2,4H2,(H,37,39)(H,38,40). The highest BCUT2D eigenvalue weighted by Gasteiger charge is 2.45. The van der Waals surface area contributed by atoms with Crippen molar-refractivity contribution in [2.24, 2.45) is 11.8 Å². The number of hydrogen-bond donors (Lipinski definition) is 2. The lowest BCUT2D eigenvalue weighted by atomic mass is 9.89. The zero-order valence-electron chi connectivity index (χ0n) is 19.5. The molecule has 0 heterocycles. The van der Waals surface area contributed by atoms with Crippen LogP contribution in [0.3, 0.4) is 0 Å². The van der Waals surface area contributed by atoms with Crippen molar-refractivity contribution in [3.05, 3.63) is 70.8 Å². The zero-order chi connectivity index (χ0) is 30.3. The van der Waals surface area contributed by atoms with Crippen LogP contribution in [0.1, 0.15) is 35.1 Å². The number of benzene rings is 2. The molecule has 0 aromatic heterocycles. The number of alkyl halides is 12. The lowest BCUT2D eigenvalue weighted by Crippen LogP contribution is -2.38. The number of hydrogen-bond acceptors (Lipinski definition) is 2. The summed E-state index contributed by atoms with van der Waals surface area (Å²) in [6.07, 6.45) is -18.4. The fourth-order valence-electron chi connectivity index (χ4n) is 4.09. The summed E-state index contributed by atoms with van der Waals surface area (Å²) < 4.78 is 158. The molecule has 1 aliphatic rings. The Hall–Kier alpha value is -3.72. The number of anilines is 2. The molecule has 0 bridgehead atoms. The maximum absolute atomic E-state index is 13.3. The van der Waals surface area contributed by atoms with Gasteiger partial charge in [0.25, 0.3) is 0 Å². The smallest absolute Gasteiger partial charge is 0.325 e. The maximum atomic E-state index is 13.3. The number of carbonyl (C=O) groups excluding carboxylic acids is 2. The van der Waals surface area contributed by atoms with E-state index in [1.54, 1.807) is 0 Å². The third-order valence-corrected chi connectivity index (χ3v) is 5.84.